The van der Waals surface area contributed by atoms with E-state index in [-0.39, 0.29) is 17.4 Å². The number of oxazole rings is 1. The Hall–Kier alpha value is -2.64. The number of hydrogen-bond donors (Lipinski definition) is 1. The average Bonchev–Trinajstić information content (AvgIpc) is 3.12. The van der Waals surface area contributed by atoms with Gasteiger partial charge in [-0.15, -0.1) is 0 Å². The van der Waals surface area contributed by atoms with Crippen molar-refractivity contribution in [3.63, 3.8) is 0 Å². The fourth-order valence-electron chi connectivity index (χ4n) is 2.35. The van der Waals surface area contributed by atoms with Crippen LogP contribution in [0.2, 0.25) is 0 Å². The minimum absolute atomic E-state index is 0.0110. The first-order chi connectivity index (χ1) is 11.3. The third kappa shape index (κ3) is 2.91. The van der Waals surface area contributed by atoms with E-state index in [0.29, 0.717) is 22.8 Å². The van der Waals surface area contributed by atoms with Crippen molar-refractivity contribution in [3.05, 3.63) is 41.3 Å². The molecule has 0 bridgehead atoms. The molecule has 8 heteroatoms. The highest BCUT2D eigenvalue weighted by atomic mass is 19.4. The first-order valence-electron chi connectivity index (χ1n) is 7.33. The van der Waals surface area contributed by atoms with Crippen LogP contribution in [0.4, 0.5) is 13.2 Å². The lowest BCUT2D eigenvalue weighted by atomic mass is 10.1. The number of rotatable bonds is 3. The van der Waals surface area contributed by atoms with Crippen LogP contribution in [-0.2, 0) is 6.18 Å². The predicted octanol–water partition coefficient (Wildman–Crippen LogP) is 4.58. The number of aromatic amines is 1. The van der Waals surface area contributed by atoms with Crippen LogP contribution in [-0.4, -0.2) is 20.4 Å². The standard InChI is InChI=1S/C16H15F3N4O/c1-8(2)14-13(12-9(3)21-23-22-12)20-15(24-14)10-5-4-6-11(7-10)16(17,18)19/h4-8H,1-3H3,(H,21,22,23). The fraction of sp³-hybridized carbons (Fsp3) is 0.312. The molecule has 1 aromatic carbocycles. The molecule has 0 saturated heterocycles. The summed E-state index contributed by atoms with van der Waals surface area (Å²) in [6.45, 7) is 5.59. The zero-order valence-corrected chi connectivity index (χ0v) is 13.3. The fourth-order valence-corrected chi connectivity index (χ4v) is 2.35. The molecule has 1 N–H and O–H groups in total. The van der Waals surface area contributed by atoms with E-state index in [4.69, 9.17) is 4.42 Å². The Morgan fingerprint density at radius 2 is 1.88 bits per heavy atom. The molecule has 0 unspecified atom stereocenters. The Morgan fingerprint density at radius 3 is 2.46 bits per heavy atom. The lowest BCUT2D eigenvalue weighted by Gasteiger charge is -2.06. The second-order valence-electron chi connectivity index (χ2n) is 5.72. The molecule has 0 aliphatic rings. The maximum Gasteiger partial charge on any atom is 0.416 e. The number of alkyl halides is 3. The third-order valence-corrected chi connectivity index (χ3v) is 3.56. The zero-order chi connectivity index (χ0) is 17.5. The molecular formula is C16H15F3N4O. The SMILES string of the molecule is Cc1n[nH]nc1-c1nc(-c2cccc(C(F)(F)F)c2)oc1C(C)C. The van der Waals surface area contributed by atoms with Crippen LogP contribution in [0.15, 0.2) is 28.7 Å². The molecule has 126 valence electrons. The largest absolute Gasteiger partial charge is 0.440 e. The number of halogens is 3. The molecule has 2 aromatic heterocycles. The quantitative estimate of drug-likeness (QED) is 0.760. The minimum atomic E-state index is -4.42. The molecule has 0 fully saturated rings. The van der Waals surface area contributed by atoms with Gasteiger partial charge in [0.1, 0.15) is 17.1 Å². The van der Waals surface area contributed by atoms with Crippen LogP contribution in [0.3, 0.4) is 0 Å². The van der Waals surface area contributed by atoms with Gasteiger partial charge in [0.25, 0.3) is 0 Å². The maximum atomic E-state index is 12.9. The Kier molecular flexibility index (Phi) is 3.90. The number of nitrogens with one attached hydrogen (secondary N) is 1. The summed E-state index contributed by atoms with van der Waals surface area (Å²) in [6.07, 6.45) is -4.42. The smallest absolute Gasteiger partial charge is 0.416 e. The lowest BCUT2D eigenvalue weighted by molar-refractivity contribution is -0.137. The van der Waals surface area contributed by atoms with E-state index in [1.54, 1.807) is 6.92 Å². The van der Waals surface area contributed by atoms with Crippen LogP contribution in [0.25, 0.3) is 22.8 Å². The summed E-state index contributed by atoms with van der Waals surface area (Å²) in [5, 5.41) is 10.5. The van der Waals surface area contributed by atoms with Gasteiger partial charge >= 0.3 is 6.18 Å². The van der Waals surface area contributed by atoms with Gasteiger partial charge in [-0.3, -0.25) is 0 Å². The number of aromatic nitrogens is 4. The molecule has 5 nitrogen and oxygen atoms in total. The Morgan fingerprint density at radius 1 is 1.12 bits per heavy atom. The first kappa shape index (κ1) is 16.2. The zero-order valence-electron chi connectivity index (χ0n) is 13.3. The summed E-state index contributed by atoms with van der Waals surface area (Å²) in [5.74, 6) is 0.671. The topological polar surface area (TPSA) is 67.6 Å². The molecule has 2 heterocycles. The second-order valence-corrected chi connectivity index (χ2v) is 5.72. The van der Waals surface area contributed by atoms with Gasteiger partial charge in [-0.1, -0.05) is 19.9 Å². The van der Waals surface area contributed by atoms with Gasteiger partial charge in [-0.2, -0.15) is 28.6 Å². The monoisotopic (exact) mass is 336 g/mol. The van der Waals surface area contributed by atoms with Gasteiger partial charge in [-0.05, 0) is 25.1 Å². The molecule has 0 spiro atoms. The van der Waals surface area contributed by atoms with Crippen LogP contribution >= 0.6 is 0 Å². The van der Waals surface area contributed by atoms with Crippen LogP contribution < -0.4 is 0 Å². The van der Waals surface area contributed by atoms with Gasteiger partial charge in [0.15, 0.2) is 0 Å². The number of H-pyrrole nitrogens is 1. The van der Waals surface area contributed by atoms with Crippen molar-refractivity contribution in [1.29, 1.82) is 0 Å². The molecular weight excluding hydrogens is 321 g/mol. The highest BCUT2D eigenvalue weighted by Gasteiger charge is 2.31. The van der Waals surface area contributed by atoms with Crippen molar-refractivity contribution >= 4 is 0 Å². The molecule has 24 heavy (non-hydrogen) atoms. The first-order valence-corrected chi connectivity index (χ1v) is 7.33. The molecule has 0 atom stereocenters. The highest BCUT2D eigenvalue weighted by molar-refractivity contribution is 5.65. The van der Waals surface area contributed by atoms with Crippen molar-refractivity contribution in [3.8, 4) is 22.8 Å². The van der Waals surface area contributed by atoms with Crippen molar-refractivity contribution < 1.29 is 17.6 Å². The van der Waals surface area contributed by atoms with Gasteiger partial charge in [-0.25, -0.2) is 4.98 Å². The van der Waals surface area contributed by atoms with Crippen molar-refractivity contribution in [2.45, 2.75) is 32.9 Å². The molecule has 3 aromatic rings. The number of nitrogens with zero attached hydrogens (tertiary/aromatic N) is 3. The molecule has 0 aliphatic heterocycles. The summed E-state index contributed by atoms with van der Waals surface area (Å²) in [5.41, 5.74) is 1.17. The van der Waals surface area contributed by atoms with E-state index in [9.17, 15) is 13.2 Å². The van der Waals surface area contributed by atoms with Crippen LogP contribution in [0.5, 0.6) is 0 Å². The second kappa shape index (κ2) is 5.77. The summed E-state index contributed by atoms with van der Waals surface area (Å²) in [4.78, 5) is 4.37. The number of aryl methyl sites for hydroxylation is 1. The summed E-state index contributed by atoms with van der Waals surface area (Å²) < 4.78 is 44.4. The Bertz CT molecular complexity index is 864. The van der Waals surface area contributed by atoms with Crippen LogP contribution in [0, 0.1) is 6.92 Å². The number of hydrogen-bond acceptors (Lipinski definition) is 4. The van der Waals surface area contributed by atoms with E-state index in [1.165, 1.54) is 12.1 Å². The van der Waals surface area contributed by atoms with E-state index < -0.39 is 11.7 Å². The van der Waals surface area contributed by atoms with Crippen molar-refractivity contribution in [2.75, 3.05) is 0 Å². The van der Waals surface area contributed by atoms with E-state index in [0.717, 1.165) is 12.1 Å². The number of benzene rings is 1. The Balaban J connectivity index is 2.12. The maximum absolute atomic E-state index is 12.9. The van der Waals surface area contributed by atoms with E-state index in [2.05, 4.69) is 20.4 Å². The summed E-state index contributed by atoms with van der Waals surface area (Å²) in [6, 6.07) is 4.90. The third-order valence-electron chi connectivity index (χ3n) is 3.56. The van der Waals surface area contributed by atoms with Gasteiger partial charge in [0.05, 0.1) is 11.3 Å². The van der Waals surface area contributed by atoms with Gasteiger partial charge in [0.2, 0.25) is 5.89 Å². The summed E-state index contributed by atoms with van der Waals surface area (Å²) >= 11 is 0. The van der Waals surface area contributed by atoms with Gasteiger partial charge < -0.3 is 4.42 Å². The normalized spacial score (nSPS) is 12.1. The van der Waals surface area contributed by atoms with Crippen molar-refractivity contribution in [1.82, 2.24) is 20.4 Å². The Labute approximate surface area is 135 Å². The summed E-state index contributed by atoms with van der Waals surface area (Å²) in [7, 11) is 0. The minimum Gasteiger partial charge on any atom is -0.440 e. The predicted molar refractivity (Wildman–Crippen MR) is 81.1 cm³/mol. The van der Waals surface area contributed by atoms with Crippen LogP contribution in [0.1, 0.15) is 36.8 Å². The average molecular weight is 336 g/mol. The van der Waals surface area contributed by atoms with Crippen molar-refractivity contribution in [2.24, 2.45) is 0 Å². The molecule has 0 aliphatic carbocycles. The highest BCUT2D eigenvalue weighted by Crippen LogP contribution is 2.36. The van der Waals surface area contributed by atoms with E-state index in [1.807, 2.05) is 13.8 Å². The molecule has 0 saturated carbocycles. The lowest BCUT2D eigenvalue weighted by Crippen LogP contribution is -2.04. The van der Waals surface area contributed by atoms with E-state index >= 15 is 0 Å². The molecule has 3 rings (SSSR count). The molecule has 0 radical (unpaired) electrons. The van der Waals surface area contributed by atoms with Gasteiger partial charge in [0, 0.05) is 11.5 Å². The molecule has 0 amide bonds.